The molecular formula is C20H30N2O2S. The van der Waals surface area contributed by atoms with E-state index < -0.39 is 5.60 Å². The molecular weight excluding hydrogens is 332 g/mol. The van der Waals surface area contributed by atoms with Gasteiger partial charge in [-0.3, -0.25) is 9.69 Å². The molecule has 0 aromatic heterocycles. The second-order valence-electron chi connectivity index (χ2n) is 7.65. The molecule has 138 valence electrons. The first-order valence-corrected chi connectivity index (χ1v) is 10.5. The van der Waals surface area contributed by atoms with Crippen LogP contribution in [0.3, 0.4) is 0 Å². The van der Waals surface area contributed by atoms with Crippen LogP contribution in [0.2, 0.25) is 0 Å². The first kappa shape index (κ1) is 18.7. The molecule has 0 spiro atoms. The van der Waals surface area contributed by atoms with Crippen molar-refractivity contribution in [3.63, 3.8) is 0 Å². The molecule has 0 bridgehead atoms. The summed E-state index contributed by atoms with van der Waals surface area (Å²) in [5, 5.41) is 11.0. The zero-order chi connectivity index (χ0) is 17.9. The fourth-order valence-electron chi connectivity index (χ4n) is 3.72. The number of amides is 1. The highest BCUT2D eigenvalue weighted by Crippen LogP contribution is 2.26. The van der Waals surface area contributed by atoms with Gasteiger partial charge in [-0.15, -0.1) is 0 Å². The van der Waals surface area contributed by atoms with Crippen LogP contribution in [0.1, 0.15) is 43.7 Å². The Morgan fingerprint density at radius 1 is 1.16 bits per heavy atom. The molecule has 0 saturated carbocycles. The average molecular weight is 363 g/mol. The fraction of sp³-hybridized carbons (Fsp3) is 0.650. The quantitative estimate of drug-likeness (QED) is 0.875. The SMILES string of the molecule is CC(C)c1ccc(CN2CCC[C@](O)(CN3CCSCC3)C2=O)cc1. The molecule has 4 nitrogen and oxygen atoms in total. The van der Waals surface area contributed by atoms with Crippen LogP contribution >= 0.6 is 11.8 Å². The minimum atomic E-state index is -1.21. The third-order valence-electron chi connectivity index (χ3n) is 5.31. The molecule has 5 heteroatoms. The second kappa shape index (κ2) is 8.11. The zero-order valence-corrected chi connectivity index (χ0v) is 16.2. The molecule has 1 atom stereocenters. The molecule has 1 aromatic carbocycles. The van der Waals surface area contributed by atoms with Gasteiger partial charge in [0, 0.05) is 44.2 Å². The van der Waals surface area contributed by atoms with Crippen LogP contribution in [0, 0.1) is 0 Å². The van der Waals surface area contributed by atoms with E-state index in [1.165, 1.54) is 5.56 Å². The van der Waals surface area contributed by atoms with Gasteiger partial charge < -0.3 is 10.0 Å². The lowest BCUT2D eigenvalue weighted by molar-refractivity contribution is -0.160. The number of piperidine rings is 1. The number of benzene rings is 1. The maximum absolute atomic E-state index is 12.9. The van der Waals surface area contributed by atoms with E-state index in [4.69, 9.17) is 0 Å². The third-order valence-corrected chi connectivity index (χ3v) is 6.25. The first-order valence-electron chi connectivity index (χ1n) is 9.39. The summed E-state index contributed by atoms with van der Waals surface area (Å²) in [5.74, 6) is 2.61. The zero-order valence-electron chi connectivity index (χ0n) is 15.4. The Kier molecular flexibility index (Phi) is 6.08. The van der Waals surface area contributed by atoms with E-state index in [1.54, 1.807) is 0 Å². The summed E-state index contributed by atoms with van der Waals surface area (Å²) in [5.41, 5.74) is 1.24. The maximum atomic E-state index is 12.9. The number of likely N-dealkylation sites (tertiary alicyclic amines) is 1. The standard InChI is InChI=1S/C20H30N2O2S/c1-16(2)18-6-4-17(5-7-18)14-22-9-3-8-20(24,19(22)23)15-21-10-12-25-13-11-21/h4-7,16,24H,3,8-15H2,1-2H3/t20-/m0/s1. The normalized spacial score (nSPS) is 25.6. The van der Waals surface area contributed by atoms with E-state index in [9.17, 15) is 9.90 Å². The number of hydrogen-bond acceptors (Lipinski definition) is 4. The average Bonchev–Trinajstić information content (AvgIpc) is 2.60. The van der Waals surface area contributed by atoms with Crippen molar-refractivity contribution in [2.75, 3.05) is 37.7 Å². The van der Waals surface area contributed by atoms with Crippen LogP contribution in [0.15, 0.2) is 24.3 Å². The summed E-state index contributed by atoms with van der Waals surface area (Å²) < 4.78 is 0. The van der Waals surface area contributed by atoms with E-state index >= 15 is 0 Å². The number of thioether (sulfide) groups is 1. The van der Waals surface area contributed by atoms with Gasteiger partial charge in [0.2, 0.25) is 0 Å². The number of β-amino-alcohol motifs (C(OH)–C–C–N with tert-alkyl or cyclic N) is 1. The van der Waals surface area contributed by atoms with Crippen molar-refractivity contribution in [3.8, 4) is 0 Å². The van der Waals surface area contributed by atoms with Crippen molar-refractivity contribution in [1.82, 2.24) is 9.80 Å². The molecule has 0 aliphatic carbocycles. The molecule has 1 aromatic rings. The number of nitrogens with zero attached hydrogens (tertiary/aromatic N) is 2. The topological polar surface area (TPSA) is 43.8 Å². The van der Waals surface area contributed by atoms with Gasteiger partial charge in [0.25, 0.3) is 5.91 Å². The van der Waals surface area contributed by atoms with E-state index in [0.717, 1.165) is 43.1 Å². The number of carbonyl (C=O) groups is 1. The second-order valence-corrected chi connectivity index (χ2v) is 8.87. The highest BCUT2D eigenvalue weighted by Gasteiger charge is 2.43. The Morgan fingerprint density at radius 3 is 2.48 bits per heavy atom. The Balaban J connectivity index is 1.64. The molecule has 2 aliphatic heterocycles. The predicted molar refractivity (Wildman–Crippen MR) is 104 cm³/mol. The highest BCUT2D eigenvalue weighted by molar-refractivity contribution is 7.99. The van der Waals surface area contributed by atoms with Gasteiger partial charge in [-0.2, -0.15) is 11.8 Å². The van der Waals surface area contributed by atoms with Gasteiger partial charge in [0.15, 0.2) is 5.60 Å². The minimum absolute atomic E-state index is 0.0927. The van der Waals surface area contributed by atoms with E-state index in [-0.39, 0.29) is 5.91 Å². The molecule has 3 rings (SSSR count). The number of hydrogen-bond donors (Lipinski definition) is 1. The Labute approximate surface area is 155 Å². The number of aliphatic hydroxyl groups is 1. The van der Waals surface area contributed by atoms with Crippen LogP contribution in [-0.2, 0) is 11.3 Å². The lowest BCUT2D eigenvalue weighted by atomic mass is 9.90. The van der Waals surface area contributed by atoms with Gasteiger partial charge in [-0.25, -0.2) is 0 Å². The molecule has 0 unspecified atom stereocenters. The first-order chi connectivity index (χ1) is 12.0. The van der Waals surface area contributed by atoms with Gasteiger partial charge in [-0.1, -0.05) is 38.1 Å². The van der Waals surface area contributed by atoms with Gasteiger partial charge in [-0.05, 0) is 29.9 Å². The van der Waals surface area contributed by atoms with Crippen molar-refractivity contribution >= 4 is 17.7 Å². The molecule has 2 heterocycles. The molecule has 25 heavy (non-hydrogen) atoms. The lowest BCUT2D eigenvalue weighted by Gasteiger charge is -2.41. The van der Waals surface area contributed by atoms with Crippen molar-refractivity contribution in [1.29, 1.82) is 0 Å². The smallest absolute Gasteiger partial charge is 0.256 e. The summed E-state index contributed by atoms with van der Waals surface area (Å²) in [6.07, 6.45) is 1.45. The van der Waals surface area contributed by atoms with E-state index in [1.807, 2.05) is 16.7 Å². The van der Waals surface area contributed by atoms with Crippen molar-refractivity contribution in [2.24, 2.45) is 0 Å². The van der Waals surface area contributed by atoms with Gasteiger partial charge in [0.05, 0.1) is 0 Å². The summed E-state index contributed by atoms with van der Waals surface area (Å²) in [6, 6.07) is 8.51. The molecule has 2 fully saturated rings. The van der Waals surface area contributed by atoms with Crippen LogP contribution in [-0.4, -0.2) is 64.1 Å². The Hall–Kier alpha value is -1.04. The van der Waals surface area contributed by atoms with Crippen LogP contribution in [0.4, 0.5) is 0 Å². The Bertz CT molecular complexity index is 584. The van der Waals surface area contributed by atoms with E-state index in [2.05, 4.69) is 43.0 Å². The van der Waals surface area contributed by atoms with Crippen molar-refractivity contribution in [2.45, 2.75) is 44.8 Å². The van der Waals surface area contributed by atoms with Gasteiger partial charge >= 0.3 is 0 Å². The molecule has 1 N–H and O–H groups in total. The highest BCUT2D eigenvalue weighted by atomic mass is 32.2. The molecule has 2 saturated heterocycles. The number of carbonyl (C=O) groups excluding carboxylic acids is 1. The van der Waals surface area contributed by atoms with Crippen LogP contribution in [0.5, 0.6) is 0 Å². The van der Waals surface area contributed by atoms with Gasteiger partial charge in [0.1, 0.15) is 0 Å². The largest absolute Gasteiger partial charge is 0.379 e. The van der Waals surface area contributed by atoms with Crippen molar-refractivity contribution < 1.29 is 9.90 Å². The molecule has 1 amide bonds. The van der Waals surface area contributed by atoms with Crippen LogP contribution in [0.25, 0.3) is 0 Å². The maximum Gasteiger partial charge on any atom is 0.256 e. The lowest BCUT2D eigenvalue weighted by Crippen LogP contribution is -2.59. The minimum Gasteiger partial charge on any atom is -0.379 e. The Morgan fingerprint density at radius 2 is 1.84 bits per heavy atom. The van der Waals surface area contributed by atoms with Crippen molar-refractivity contribution in [3.05, 3.63) is 35.4 Å². The summed E-state index contributed by atoms with van der Waals surface area (Å²) in [4.78, 5) is 17.0. The monoisotopic (exact) mass is 362 g/mol. The molecule has 0 radical (unpaired) electrons. The predicted octanol–water partition coefficient (Wildman–Crippen LogP) is 2.71. The summed E-state index contributed by atoms with van der Waals surface area (Å²) >= 11 is 1.95. The number of rotatable bonds is 5. The summed E-state index contributed by atoms with van der Waals surface area (Å²) in [6.45, 7) is 8.12. The van der Waals surface area contributed by atoms with E-state index in [0.29, 0.717) is 25.4 Å². The van der Waals surface area contributed by atoms with Crippen LogP contribution < -0.4 is 0 Å². The third kappa shape index (κ3) is 4.57. The fourth-order valence-corrected chi connectivity index (χ4v) is 4.70. The summed E-state index contributed by atoms with van der Waals surface area (Å²) in [7, 11) is 0. The molecule has 2 aliphatic rings.